The van der Waals surface area contributed by atoms with Gasteiger partial charge in [-0.15, -0.1) is 0 Å². The normalized spacial score (nSPS) is 23.0. The molecule has 0 radical (unpaired) electrons. The maximum atomic E-state index is 11.0. The van der Waals surface area contributed by atoms with E-state index in [1.165, 1.54) is 10.6 Å². The van der Waals surface area contributed by atoms with E-state index in [1.54, 1.807) is 11.9 Å². The third kappa shape index (κ3) is 2.98. The van der Waals surface area contributed by atoms with Gasteiger partial charge in [-0.3, -0.25) is 4.72 Å². The summed E-state index contributed by atoms with van der Waals surface area (Å²) in [5, 5.41) is 0. The Morgan fingerprint density at radius 1 is 1.45 bits per heavy atom. The van der Waals surface area contributed by atoms with E-state index in [2.05, 4.69) is 4.72 Å². The quantitative estimate of drug-likeness (QED) is 0.574. The van der Waals surface area contributed by atoms with Gasteiger partial charge in [-0.25, -0.2) is 8.42 Å². The Balaban J connectivity index is 2.57. The summed E-state index contributed by atoms with van der Waals surface area (Å²) in [6.45, 7) is 1.94. The average Bonchev–Trinajstić information content (AvgIpc) is 2.10. The van der Waals surface area contributed by atoms with Crippen LogP contribution in [0.15, 0.2) is 0 Å². The highest BCUT2D eigenvalue weighted by atomic mass is 32.2. The first-order valence-corrected chi connectivity index (χ1v) is 6.24. The Labute approximate surface area is 71.5 Å². The molecule has 1 saturated heterocycles. The molecule has 0 aromatic heterocycles. The van der Waals surface area contributed by atoms with E-state index < -0.39 is 10.0 Å². The van der Waals surface area contributed by atoms with Crippen LogP contribution in [0.4, 0.5) is 0 Å². The minimum absolute atomic E-state index is 0.589. The second-order valence-corrected chi connectivity index (χ2v) is 5.37. The molecule has 6 heteroatoms. The highest BCUT2D eigenvalue weighted by Crippen LogP contribution is 2.04. The molecular formula is C5H12N2O2S2. The first kappa shape index (κ1) is 9.31. The molecule has 0 aromatic carbocycles. The zero-order chi connectivity index (χ0) is 8.32. The molecule has 0 aromatic rings. The highest BCUT2D eigenvalue weighted by molar-refractivity contribution is 7.97. The van der Waals surface area contributed by atoms with Crippen molar-refractivity contribution in [3.63, 3.8) is 0 Å². The molecule has 4 nitrogen and oxygen atoms in total. The Morgan fingerprint density at radius 3 is 2.82 bits per heavy atom. The molecule has 0 saturated carbocycles. The molecular weight excluding hydrogens is 184 g/mol. The predicted octanol–water partition coefficient (Wildman–Crippen LogP) is -0.501. The van der Waals surface area contributed by atoms with Gasteiger partial charge in [0.15, 0.2) is 0 Å². The standard InChI is InChI=1S/C5H12N2O2S2/c1-11(8,9)7-3-2-6-10-5-4-7/h6H,2-5H2,1H3. The number of rotatable bonds is 1. The fraction of sp³-hybridized carbons (Fsp3) is 1.00. The zero-order valence-corrected chi connectivity index (χ0v) is 8.04. The molecule has 1 rings (SSSR count). The summed E-state index contributed by atoms with van der Waals surface area (Å²) in [6, 6.07) is 0. The van der Waals surface area contributed by atoms with Crippen LogP contribution in [0.3, 0.4) is 0 Å². The van der Waals surface area contributed by atoms with E-state index >= 15 is 0 Å². The molecule has 0 aliphatic carbocycles. The Kier molecular flexibility index (Phi) is 3.17. The molecule has 66 valence electrons. The van der Waals surface area contributed by atoms with Gasteiger partial charge in [0, 0.05) is 25.4 Å². The minimum Gasteiger partial charge on any atom is -0.263 e. The van der Waals surface area contributed by atoms with Crippen LogP contribution < -0.4 is 4.72 Å². The summed E-state index contributed by atoms with van der Waals surface area (Å²) >= 11 is 1.58. The first-order valence-electron chi connectivity index (χ1n) is 3.40. The summed E-state index contributed by atoms with van der Waals surface area (Å²) in [5.74, 6) is 0.826. The molecule has 0 bridgehead atoms. The van der Waals surface area contributed by atoms with Gasteiger partial charge in [0.2, 0.25) is 10.0 Å². The van der Waals surface area contributed by atoms with Gasteiger partial charge < -0.3 is 0 Å². The van der Waals surface area contributed by atoms with Crippen molar-refractivity contribution in [3.8, 4) is 0 Å². The minimum atomic E-state index is -2.97. The van der Waals surface area contributed by atoms with E-state index in [-0.39, 0.29) is 0 Å². The summed E-state index contributed by atoms with van der Waals surface area (Å²) in [5.41, 5.74) is 0. The van der Waals surface area contributed by atoms with Gasteiger partial charge in [-0.1, -0.05) is 11.9 Å². The van der Waals surface area contributed by atoms with E-state index in [1.807, 2.05) is 0 Å². The monoisotopic (exact) mass is 196 g/mol. The van der Waals surface area contributed by atoms with Gasteiger partial charge in [0.1, 0.15) is 0 Å². The van der Waals surface area contributed by atoms with Crippen LogP contribution in [0.2, 0.25) is 0 Å². The van der Waals surface area contributed by atoms with Crippen LogP contribution in [-0.2, 0) is 10.0 Å². The summed E-state index contributed by atoms with van der Waals surface area (Å²) in [7, 11) is -2.97. The lowest BCUT2D eigenvalue weighted by molar-refractivity contribution is 0.444. The Bertz CT molecular complexity index is 207. The zero-order valence-electron chi connectivity index (χ0n) is 6.41. The molecule has 0 amide bonds. The number of hydrogen-bond acceptors (Lipinski definition) is 4. The number of sulfonamides is 1. The van der Waals surface area contributed by atoms with E-state index in [4.69, 9.17) is 0 Å². The largest absolute Gasteiger partial charge is 0.263 e. The lowest BCUT2D eigenvalue weighted by Gasteiger charge is -2.15. The second kappa shape index (κ2) is 3.75. The third-order valence-electron chi connectivity index (χ3n) is 1.48. The smallest absolute Gasteiger partial charge is 0.211 e. The van der Waals surface area contributed by atoms with Crippen molar-refractivity contribution in [1.82, 2.24) is 9.03 Å². The maximum absolute atomic E-state index is 11.0. The Morgan fingerprint density at radius 2 is 2.18 bits per heavy atom. The molecule has 1 aliphatic heterocycles. The van der Waals surface area contributed by atoms with Crippen molar-refractivity contribution in [1.29, 1.82) is 0 Å². The predicted molar refractivity (Wildman–Crippen MR) is 46.9 cm³/mol. The maximum Gasteiger partial charge on any atom is 0.211 e. The molecule has 1 heterocycles. The lowest BCUT2D eigenvalue weighted by atomic mass is 10.6. The average molecular weight is 196 g/mol. The molecule has 1 aliphatic rings. The summed E-state index contributed by atoms with van der Waals surface area (Å²) in [4.78, 5) is 0. The SMILES string of the molecule is CS(=O)(=O)N1CCNSCC1. The van der Waals surface area contributed by atoms with Crippen LogP contribution >= 0.6 is 11.9 Å². The summed E-state index contributed by atoms with van der Waals surface area (Å²) in [6.07, 6.45) is 1.25. The molecule has 0 atom stereocenters. The van der Waals surface area contributed by atoms with Crippen molar-refractivity contribution >= 4 is 22.0 Å². The van der Waals surface area contributed by atoms with Crippen LogP contribution in [0.5, 0.6) is 0 Å². The topological polar surface area (TPSA) is 49.4 Å². The van der Waals surface area contributed by atoms with E-state index in [0.29, 0.717) is 13.1 Å². The molecule has 1 fully saturated rings. The van der Waals surface area contributed by atoms with Gasteiger partial charge in [0.05, 0.1) is 6.26 Å². The Hall–Kier alpha value is 0.220. The fourth-order valence-electron chi connectivity index (χ4n) is 0.906. The fourth-order valence-corrected chi connectivity index (χ4v) is 2.56. The number of nitrogens with zero attached hydrogens (tertiary/aromatic N) is 1. The van der Waals surface area contributed by atoms with E-state index in [0.717, 1.165) is 12.3 Å². The van der Waals surface area contributed by atoms with Crippen LogP contribution in [0.1, 0.15) is 0 Å². The molecule has 1 N–H and O–H groups in total. The molecule has 11 heavy (non-hydrogen) atoms. The van der Waals surface area contributed by atoms with Gasteiger partial charge in [-0.2, -0.15) is 4.31 Å². The van der Waals surface area contributed by atoms with Gasteiger partial charge in [-0.05, 0) is 0 Å². The molecule has 0 unspecified atom stereocenters. The van der Waals surface area contributed by atoms with Crippen molar-refractivity contribution in [2.45, 2.75) is 0 Å². The van der Waals surface area contributed by atoms with Crippen LogP contribution in [0.25, 0.3) is 0 Å². The van der Waals surface area contributed by atoms with E-state index in [9.17, 15) is 8.42 Å². The number of hydrogen-bond donors (Lipinski definition) is 1. The van der Waals surface area contributed by atoms with Crippen LogP contribution in [0, 0.1) is 0 Å². The van der Waals surface area contributed by atoms with Crippen molar-refractivity contribution in [3.05, 3.63) is 0 Å². The van der Waals surface area contributed by atoms with Crippen molar-refractivity contribution in [2.75, 3.05) is 31.6 Å². The summed E-state index contributed by atoms with van der Waals surface area (Å²) < 4.78 is 26.6. The lowest BCUT2D eigenvalue weighted by Crippen LogP contribution is -2.33. The first-order chi connectivity index (χ1) is 5.11. The molecule has 0 spiro atoms. The van der Waals surface area contributed by atoms with Crippen LogP contribution in [-0.4, -0.2) is 44.4 Å². The third-order valence-corrected chi connectivity index (χ3v) is 3.58. The van der Waals surface area contributed by atoms with Gasteiger partial charge in [0.25, 0.3) is 0 Å². The van der Waals surface area contributed by atoms with Gasteiger partial charge >= 0.3 is 0 Å². The highest BCUT2D eigenvalue weighted by Gasteiger charge is 2.17. The van der Waals surface area contributed by atoms with Crippen molar-refractivity contribution in [2.24, 2.45) is 0 Å². The van der Waals surface area contributed by atoms with Crippen molar-refractivity contribution < 1.29 is 8.42 Å². The number of nitrogens with one attached hydrogen (secondary N) is 1. The second-order valence-electron chi connectivity index (χ2n) is 2.40.